The fourth-order valence-corrected chi connectivity index (χ4v) is 1.18. The third-order valence-electron chi connectivity index (χ3n) is 1.61. The van der Waals surface area contributed by atoms with Crippen LogP contribution in [0.4, 0.5) is 5.69 Å². The third kappa shape index (κ3) is 2.14. The Kier molecular flexibility index (Phi) is 2.95. The maximum absolute atomic E-state index is 8.36. The van der Waals surface area contributed by atoms with Crippen LogP contribution in [0, 0.1) is 11.3 Å². The van der Waals surface area contributed by atoms with Crippen molar-refractivity contribution in [2.24, 2.45) is 0 Å². The lowest BCUT2D eigenvalue weighted by molar-refractivity contribution is 1.01. The van der Waals surface area contributed by atoms with Crippen molar-refractivity contribution in [3.05, 3.63) is 28.8 Å². The van der Waals surface area contributed by atoms with Crippen LogP contribution in [0.2, 0.25) is 5.02 Å². The molecule has 0 spiro atoms. The summed E-state index contributed by atoms with van der Waals surface area (Å²) in [5, 5.41) is 9.03. The minimum atomic E-state index is 0.477. The van der Waals surface area contributed by atoms with E-state index in [4.69, 9.17) is 22.6 Å². The highest BCUT2D eigenvalue weighted by Crippen LogP contribution is 2.18. The lowest BCUT2D eigenvalue weighted by atomic mass is 10.1. The largest absolute Gasteiger partial charge is 0.399 e. The highest BCUT2D eigenvalue weighted by Gasteiger charge is 1.98. The number of nitrogen functional groups attached to an aromatic ring is 1. The summed E-state index contributed by atoms with van der Waals surface area (Å²) in [6.45, 7) is 0. The van der Waals surface area contributed by atoms with E-state index >= 15 is 0 Å². The van der Waals surface area contributed by atoms with Crippen molar-refractivity contribution >= 4 is 17.3 Å². The SMILES string of the molecule is N#CCCc1cc(Cl)ccc1N. The van der Waals surface area contributed by atoms with Gasteiger partial charge in [-0.05, 0) is 30.2 Å². The number of nitrogens with zero attached hydrogens (tertiary/aromatic N) is 1. The summed E-state index contributed by atoms with van der Waals surface area (Å²) in [4.78, 5) is 0. The molecule has 2 N–H and O–H groups in total. The van der Waals surface area contributed by atoms with E-state index in [2.05, 4.69) is 6.07 Å². The number of hydrogen-bond acceptors (Lipinski definition) is 2. The lowest BCUT2D eigenvalue weighted by Gasteiger charge is -2.02. The molecule has 0 unspecified atom stereocenters. The van der Waals surface area contributed by atoms with Crippen LogP contribution in [-0.2, 0) is 6.42 Å². The van der Waals surface area contributed by atoms with Crippen LogP contribution in [0.3, 0.4) is 0 Å². The molecule has 0 aliphatic rings. The Labute approximate surface area is 76.6 Å². The van der Waals surface area contributed by atoms with Crippen LogP contribution in [0.25, 0.3) is 0 Å². The molecule has 0 amide bonds. The fraction of sp³-hybridized carbons (Fsp3) is 0.222. The smallest absolute Gasteiger partial charge is 0.0625 e. The molecule has 0 fully saturated rings. The monoisotopic (exact) mass is 180 g/mol. The number of rotatable bonds is 2. The highest BCUT2D eigenvalue weighted by molar-refractivity contribution is 6.30. The zero-order valence-corrected chi connectivity index (χ0v) is 7.30. The highest BCUT2D eigenvalue weighted by atomic mass is 35.5. The molecule has 0 aromatic heterocycles. The molecule has 2 nitrogen and oxygen atoms in total. The molecule has 0 saturated heterocycles. The van der Waals surface area contributed by atoms with Crippen molar-refractivity contribution in [3.8, 4) is 6.07 Å². The summed E-state index contributed by atoms with van der Waals surface area (Å²) in [7, 11) is 0. The van der Waals surface area contributed by atoms with Gasteiger partial charge in [-0.1, -0.05) is 11.6 Å². The van der Waals surface area contributed by atoms with Crippen LogP contribution >= 0.6 is 11.6 Å². The van der Waals surface area contributed by atoms with Gasteiger partial charge >= 0.3 is 0 Å². The van der Waals surface area contributed by atoms with E-state index in [9.17, 15) is 0 Å². The zero-order chi connectivity index (χ0) is 8.97. The van der Waals surface area contributed by atoms with Crippen molar-refractivity contribution in [3.63, 3.8) is 0 Å². The molecule has 0 aliphatic heterocycles. The van der Waals surface area contributed by atoms with E-state index < -0.39 is 0 Å². The first-order valence-electron chi connectivity index (χ1n) is 3.65. The molecule has 0 aliphatic carbocycles. The summed E-state index contributed by atoms with van der Waals surface area (Å²) in [6.07, 6.45) is 1.15. The Bertz CT molecular complexity index is 315. The fourth-order valence-electron chi connectivity index (χ4n) is 0.981. The topological polar surface area (TPSA) is 49.8 Å². The summed E-state index contributed by atoms with van der Waals surface area (Å²) >= 11 is 5.76. The summed E-state index contributed by atoms with van der Waals surface area (Å²) in [6, 6.07) is 7.37. The number of anilines is 1. The third-order valence-corrected chi connectivity index (χ3v) is 1.85. The molecular formula is C9H9ClN2. The van der Waals surface area contributed by atoms with Gasteiger partial charge in [0.15, 0.2) is 0 Å². The average Bonchev–Trinajstić information content (AvgIpc) is 2.07. The molecule has 12 heavy (non-hydrogen) atoms. The molecule has 0 atom stereocenters. The van der Waals surface area contributed by atoms with Gasteiger partial charge in [0.05, 0.1) is 6.07 Å². The van der Waals surface area contributed by atoms with Gasteiger partial charge in [0, 0.05) is 17.1 Å². The van der Waals surface area contributed by atoms with Crippen LogP contribution in [0.1, 0.15) is 12.0 Å². The van der Waals surface area contributed by atoms with Crippen molar-refractivity contribution < 1.29 is 0 Å². The van der Waals surface area contributed by atoms with Gasteiger partial charge in [-0.3, -0.25) is 0 Å². The van der Waals surface area contributed by atoms with E-state index in [-0.39, 0.29) is 0 Å². The summed E-state index contributed by atoms with van der Waals surface area (Å²) in [5.74, 6) is 0. The summed E-state index contributed by atoms with van der Waals surface area (Å²) in [5.41, 5.74) is 7.31. The van der Waals surface area contributed by atoms with E-state index in [1.54, 1.807) is 18.2 Å². The number of nitrogens with two attached hydrogens (primary N) is 1. The second-order valence-corrected chi connectivity index (χ2v) is 2.94. The molecule has 0 heterocycles. The second kappa shape index (κ2) is 3.99. The number of aryl methyl sites for hydroxylation is 1. The van der Waals surface area contributed by atoms with Gasteiger partial charge in [0.25, 0.3) is 0 Å². The van der Waals surface area contributed by atoms with E-state index in [0.29, 0.717) is 23.6 Å². The maximum atomic E-state index is 8.36. The van der Waals surface area contributed by atoms with Crippen molar-refractivity contribution in [2.45, 2.75) is 12.8 Å². The Morgan fingerprint density at radius 1 is 1.50 bits per heavy atom. The molecule has 1 aromatic carbocycles. The zero-order valence-electron chi connectivity index (χ0n) is 6.55. The van der Waals surface area contributed by atoms with Gasteiger partial charge in [-0.25, -0.2) is 0 Å². The van der Waals surface area contributed by atoms with Crippen molar-refractivity contribution in [1.82, 2.24) is 0 Å². The van der Waals surface area contributed by atoms with Crippen LogP contribution in [-0.4, -0.2) is 0 Å². The Morgan fingerprint density at radius 2 is 2.25 bits per heavy atom. The van der Waals surface area contributed by atoms with Gasteiger partial charge in [0.2, 0.25) is 0 Å². The van der Waals surface area contributed by atoms with Gasteiger partial charge < -0.3 is 5.73 Å². The first-order valence-corrected chi connectivity index (χ1v) is 4.02. The predicted molar refractivity (Wildman–Crippen MR) is 49.8 cm³/mol. The first kappa shape index (κ1) is 8.89. The van der Waals surface area contributed by atoms with Crippen LogP contribution in [0.15, 0.2) is 18.2 Å². The molecule has 62 valence electrons. The summed E-state index contributed by atoms with van der Waals surface area (Å²) < 4.78 is 0. The molecule has 0 saturated carbocycles. The molecule has 1 aromatic rings. The Morgan fingerprint density at radius 3 is 2.92 bits per heavy atom. The van der Waals surface area contributed by atoms with Crippen molar-refractivity contribution in [1.29, 1.82) is 5.26 Å². The quantitative estimate of drug-likeness (QED) is 0.711. The molecule has 3 heteroatoms. The van der Waals surface area contributed by atoms with Crippen molar-refractivity contribution in [2.75, 3.05) is 5.73 Å². The minimum absolute atomic E-state index is 0.477. The Hall–Kier alpha value is -1.20. The molecule has 1 rings (SSSR count). The maximum Gasteiger partial charge on any atom is 0.0625 e. The van der Waals surface area contributed by atoms with E-state index in [1.165, 1.54) is 0 Å². The van der Waals surface area contributed by atoms with Crippen LogP contribution in [0.5, 0.6) is 0 Å². The average molecular weight is 181 g/mol. The number of nitriles is 1. The number of benzene rings is 1. The molecule has 0 bridgehead atoms. The standard InChI is InChI=1S/C9H9ClN2/c10-8-3-4-9(12)7(6-8)2-1-5-11/h3-4,6H,1-2,12H2. The number of hydrogen-bond donors (Lipinski definition) is 1. The van der Waals surface area contributed by atoms with Gasteiger partial charge in [0.1, 0.15) is 0 Å². The minimum Gasteiger partial charge on any atom is -0.399 e. The molecular weight excluding hydrogens is 172 g/mol. The van der Waals surface area contributed by atoms with Gasteiger partial charge in [-0.2, -0.15) is 5.26 Å². The molecule has 0 radical (unpaired) electrons. The van der Waals surface area contributed by atoms with Gasteiger partial charge in [-0.15, -0.1) is 0 Å². The normalized spacial score (nSPS) is 9.33. The Balaban J connectivity index is 2.84. The second-order valence-electron chi connectivity index (χ2n) is 2.50. The van der Waals surface area contributed by atoms with E-state index in [1.807, 2.05) is 0 Å². The first-order chi connectivity index (χ1) is 5.74. The number of halogens is 1. The lowest BCUT2D eigenvalue weighted by Crippen LogP contribution is -1.93. The van der Waals surface area contributed by atoms with Crippen LogP contribution < -0.4 is 5.73 Å². The predicted octanol–water partition coefficient (Wildman–Crippen LogP) is 2.38. The van der Waals surface area contributed by atoms with E-state index in [0.717, 1.165) is 5.56 Å².